The highest BCUT2D eigenvalue weighted by Crippen LogP contribution is 1.97. The monoisotopic (exact) mass is 380 g/mol. The number of aliphatic hydroxyl groups excluding tert-OH is 2. The maximum atomic E-state index is 12.1. The Balaban J connectivity index is 4.76. The standard InChI is InChI=1S/C13H24N4O7S/c1-5(10(20)17-9(6(2)19)13(23)24)15-12(22)8(4-25)16-11(21)7(14)3-18/h5-9,18-19,25H,3-4,14H2,1-2H3,(H,15,22)(H,16,21)(H,17,20)(H,23,24). The van der Waals surface area contributed by atoms with Crippen molar-refractivity contribution in [3.05, 3.63) is 0 Å². The van der Waals surface area contributed by atoms with Gasteiger partial charge in [0, 0.05) is 5.75 Å². The number of carbonyl (C=O) groups is 4. The first kappa shape index (κ1) is 23.1. The first-order valence-electron chi connectivity index (χ1n) is 7.34. The van der Waals surface area contributed by atoms with Crippen LogP contribution in [0.3, 0.4) is 0 Å². The summed E-state index contributed by atoms with van der Waals surface area (Å²) in [7, 11) is 0. The van der Waals surface area contributed by atoms with Gasteiger partial charge in [0.05, 0.1) is 12.7 Å². The Bertz CT molecular complexity index is 503. The number of carbonyl (C=O) groups excluding carboxylic acids is 3. The molecule has 12 heteroatoms. The van der Waals surface area contributed by atoms with Gasteiger partial charge in [-0.1, -0.05) is 0 Å². The molecule has 0 saturated carbocycles. The summed E-state index contributed by atoms with van der Waals surface area (Å²) in [5.41, 5.74) is 5.32. The Kier molecular flexibility index (Phi) is 10.0. The molecule has 0 aliphatic carbocycles. The van der Waals surface area contributed by atoms with Crippen LogP contribution in [-0.2, 0) is 19.2 Å². The zero-order valence-corrected chi connectivity index (χ0v) is 14.7. The molecule has 0 rings (SSSR count). The van der Waals surface area contributed by atoms with Crippen molar-refractivity contribution in [1.29, 1.82) is 0 Å². The lowest BCUT2D eigenvalue weighted by Gasteiger charge is -2.23. The van der Waals surface area contributed by atoms with E-state index < -0.39 is 60.6 Å². The van der Waals surface area contributed by atoms with Crippen molar-refractivity contribution in [2.75, 3.05) is 12.4 Å². The SMILES string of the molecule is CC(NC(=O)C(CS)NC(=O)C(N)CO)C(=O)NC(C(=O)O)C(C)O. The predicted molar refractivity (Wildman–Crippen MR) is 89.7 cm³/mol. The summed E-state index contributed by atoms with van der Waals surface area (Å²) in [6.45, 7) is 1.88. The Hall–Kier alpha value is -1.89. The molecule has 3 amide bonds. The average molecular weight is 380 g/mol. The van der Waals surface area contributed by atoms with Crippen molar-refractivity contribution in [3.63, 3.8) is 0 Å². The van der Waals surface area contributed by atoms with Crippen LogP contribution in [0.25, 0.3) is 0 Å². The van der Waals surface area contributed by atoms with Gasteiger partial charge in [-0.25, -0.2) is 4.79 Å². The van der Waals surface area contributed by atoms with Gasteiger partial charge in [0.2, 0.25) is 17.7 Å². The van der Waals surface area contributed by atoms with Crippen molar-refractivity contribution in [2.45, 2.75) is 44.1 Å². The Morgan fingerprint density at radius 2 is 1.60 bits per heavy atom. The third-order valence-electron chi connectivity index (χ3n) is 3.15. The van der Waals surface area contributed by atoms with Crippen molar-refractivity contribution >= 4 is 36.3 Å². The van der Waals surface area contributed by atoms with E-state index in [-0.39, 0.29) is 5.75 Å². The molecule has 0 aliphatic heterocycles. The van der Waals surface area contributed by atoms with Crippen LogP contribution in [0.4, 0.5) is 0 Å². The number of nitrogens with one attached hydrogen (secondary N) is 3. The molecule has 144 valence electrons. The molecular weight excluding hydrogens is 356 g/mol. The number of amides is 3. The van der Waals surface area contributed by atoms with Gasteiger partial charge in [0.25, 0.3) is 0 Å². The van der Waals surface area contributed by atoms with Gasteiger partial charge in [-0.05, 0) is 13.8 Å². The summed E-state index contributed by atoms with van der Waals surface area (Å²) in [5, 5.41) is 33.7. The maximum Gasteiger partial charge on any atom is 0.328 e. The lowest BCUT2D eigenvalue weighted by atomic mass is 10.1. The molecule has 0 heterocycles. The molecule has 0 bridgehead atoms. The molecule has 0 aromatic rings. The maximum absolute atomic E-state index is 12.1. The molecule has 0 spiro atoms. The van der Waals surface area contributed by atoms with Crippen LogP contribution in [0.15, 0.2) is 0 Å². The van der Waals surface area contributed by atoms with Crippen molar-refractivity contribution < 1.29 is 34.5 Å². The number of aliphatic carboxylic acids is 1. The molecule has 8 N–H and O–H groups in total. The predicted octanol–water partition coefficient (Wildman–Crippen LogP) is -3.82. The topological polar surface area (TPSA) is 191 Å². The van der Waals surface area contributed by atoms with Gasteiger partial charge < -0.3 is 37.0 Å². The van der Waals surface area contributed by atoms with Gasteiger partial charge in [0.15, 0.2) is 6.04 Å². The number of carboxylic acid groups (broad SMARTS) is 1. The Morgan fingerprint density at radius 3 is 2.00 bits per heavy atom. The van der Waals surface area contributed by atoms with E-state index in [1.54, 1.807) is 0 Å². The Labute approximate surface area is 149 Å². The minimum Gasteiger partial charge on any atom is -0.480 e. The quantitative estimate of drug-likeness (QED) is 0.177. The molecule has 5 unspecified atom stereocenters. The van der Waals surface area contributed by atoms with E-state index in [2.05, 4.69) is 28.6 Å². The number of thiol groups is 1. The van der Waals surface area contributed by atoms with E-state index >= 15 is 0 Å². The molecule has 25 heavy (non-hydrogen) atoms. The van der Waals surface area contributed by atoms with Crippen LogP contribution >= 0.6 is 12.6 Å². The summed E-state index contributed by atoms with van der Waals surface area (Å²) < 4.78 is 0. The summed E-state index contributed by atoms with van der Waals surface area (Å²) in [6.07, 6.45) is -1.34. The van der Waals surface area contributed by atoms with E-state index in [4.69, 9.17) is 15.9 Å². The summed E-state index contributed by atoms with van der Waals surface area (Å²) in [6, 6.07) is -5.00. The van der Waals surface area contributed by atoms with Crippen molar-refractivity contribution in [3.8, 4) is 0 Å². The first-order valence-corrected chi connectivity index (χ1v) is 7.97. The van der Waals surface area contributed by atoms with E-state index in [0.29, 0.717) is 0 Å². The van der Waals surface area contributed by atoms with Gasteiger partial charge >= 0.3 is 5.97 Å². The molecule has 0 aromatic carbocycles. The zero-order valence-electron chi connectivity index (χ0n) is 13.8. The number of nitrogens with two attached hydrogens (primary N) is 1. The molecule has 0 aliphatic rings. The third kappa shape index (κ3) is 7.69. The number of hydrogen-bond acceptors (Lipinski definition) is 8. The van der Waals surface area contributed by atoms with E-state index in [0.717, 1.165) is 0 Å². The average Bonchev–Trinajstić information content (AvgIpc) is 2.54. The lowest BCUT2D eigenvalue weighted by molar-refractivity contribution is -0.145. The van der Waals surface area contributed by atoms with Crippen molar-refractivity contribution in [1.82, 2.24) is 16.0 Å². The van der Waals surface area contributed by atoms with Gasteiger partial charge in [-0.3, -0.25) is 14.4 Å². The summed E-state index contributed by atoms with van der Waals surface area (Å²) >= 11 is 3.92. The molecule has 5 atom stereocenters. The van der Waals surface area contributed by atoms with Crippen LogP contribution < -0.4 is 21.7 Å². The molecule has 0 fully saturated rings. The molecule has 0 saturated heterocycles. The zero-order chi connectivity index (χ0) is 19.7. The molecule has 11 nitrogen and oxygen atoms in total. The highest BCUT2D eigenvalue weighted by atomic mass is 32.1. The minimum atomic E-state index is -1.53. The molecule has 0 aromatic heterocycles. The molecule has 0 radical (unpaired) electrons. The third-order valence-corrected chi connectivity index (χ3v) is 3.51. The van der Waals surface area contributed by atoms with E-state index in [9.17, 15) is 24.3 Å². The van der Waals surface area contributed by atoms with Crippen LogP contribution in [0.1, 0.15) is 13.8 Å². The number of hydrogen-bond donors (Lipinski definition) is 8. The van der Waals surface area contributed by atoms with E-state index in [1.807, 2.05) is 0 Å². The normalized spacial score (nSPS) is 16.7. The van der Waals surface area contributed by atoms with Gasteiger partial charge in [-0.2, -0.15) is 12.6 Å². The second kappa shape index (κ2) is 10.9. The summed E-state index contributed by atoms with van der Waals surface area (Å²) in [4.78, 5) is 46.5. The Morgan fingerprint density at radius 1 is 1.04 bits per heavy atom. The number of rotatable bonds is 10. The number of carboxylic acids is 1. The largest absolute Gasteiger partial charge is 0.480 e. The second-order valence-corrected chi connectivity index (χ2v) is 5.69. The smallest absolute Gasteiger partial charge is 0.328 e. The lowest BCUT2D eigenvalue weighted by Crippen LogP contribution is -2.58. The van der Waals surface area contributed by atoms with Crippen molar-refractivity contribution in [2.24, 2.45) is 5.73 Å². The summed E-state index contributed by atoms with van der Waals surface area (Å²) in [5.74, 6) is -3.89. The highest BCUT2D eigenvalue weighted by molar-refractivity contribution is 7.80. The van der Waals surface area contributed by atoms with Crippen LogP contribution in [0.5, 0.6) is 0 Å². The minimum absolute atomic E-state index is 0.102. The highest BCUT2D eigenvalue weighted by Gasteiger charge is 2.29. The second-order valence-electron chi connectivity index (χ2n) is 5.33. The molecular formula is C13H24N4O7S. The van der Waals surface area contributed by atoms with Crippen LogP contribution in [-0.4, -0.2) is 81.6 Å². The first-order chi connectivity index (χ1) is 11.5. The van der Waals surface area contributed by atoms with Crippen LogP contribution in [0, 0.1) is 0 Å². The fraction of sp³-hybridized carbons (Fsp3) is 0.692. The fourth-order valence-electron chi connectivity index (χ4n) is 1.60. The van der Waals surface area contributed by atoms with Gasteiger partial charge in [-0.15, -0.1) is 0 Å². The van der Waals surface area contributed by atoms with Gasteiger partial charge in [0.1, 0.15) is 18.1 Å². The van der Waals surface area contributed by atoms with Crippen LogP contribution in [0.2, 0.25) is 0 Å². The van der Waals surface area contributed by atoms with E-state index in [1.165, 1.54) is 13.8 Å². The number of aliphatic hydroxyl groups is 2. The fourth-order valence-corrected chi connectivity index (χ4v) is 1.86.